The first-order valence-corrected chi connectivity index (χ1v) is 6.75. The minimum absolute atomic E-state index is 0.0755. The molecule has 1 aromatic rings. The number of carbonyl (C=O) groups is 2. The van der Waals surface area contributed by atoms with E-state index in [0.717, 1.165) is 0 Å². The van der Waals surface area contributed by atoms with E-state index < -0.39 is 18.0 Å². The number of nitrogens with two attached hydrogens (primary N) is 1. The van der Waals surface area contributed by atoms with E-state index in [1.54, 1.807) is 23.1 Å². The fourth-order valence-corrected chi connectivity index (χ4v) is 2.25. The van der Waals surface area contributed by atoms with Gasteiger partial charge in [-0.25, -0.2) is 0 Å². The molecule has 2 rings (SSSR count). The van der Waals surface area contributed by atoms with Gasteiger partial charge in [-0.15, -0.1) is 0 Å². The van der Waals surface area contributed by atoms with Gasteiger partial charge in [-0.05, 0) is 31.5 Å². The highest BCUT2D eigenvalue weighted by Gasteiger charge is 2.32. The van der Waals surface area contributed by atoms with Gasteiger partial charge in [-0.1, -0.05) is 6.92 Å². The number of nitrogens with one attached hydrogen (secondary N) is 2. The third kappa shape index (κ3) is 2.81. The summed E-state index contributed by atoms with van der Waals surface area (Å²) in [6.07, 6.45) is 0.0158. The first-order chi connectivity index (χ1) is 9.97. The number of hydrogen-bond acceptors (Lipinski definition) is 4. The van der Waals surface area contributed by atoms with Gasteiger partial charge in [0.25, 0.3) is 11.8 Å². The maximum absolute atomic E-state index is 12.2. The Hall–Kier alpha value is -2.57. The molecule has 0 bridgehead atoms. The molecule has 7 heteroatoms. The average molecular weight is 290 g/mol. The van der Waals surface area contributed by atoms with Crippen LogP contribution in [0.15, 0.2) is 18.2 Å². The fraction of sp³-hybridized carbons (Fsp3) is 0.357. The lowest BCUT2D eigenvalue weighted by atomic mass is 10.1. The van der Waals surface area contributed by atoms with E-state index in [1.807, 2.05) is 13.8 Å². The van der Waals surface area contributed by atoms with Gasteiger partial charge in [0.2, 0.25) is 0 Å². The molecule has 21 heavy (non-hydrogen) atoms. The largest absolute Gasteiger partial charge is 0.478 e. The highest BCUT2D eigenvalue weighted by atomic mass is 16.5. The number of benzene rings is 1. The number of ether oxygens (including phenoxy) is 1. The summed E-state index contributed by atoms with van der Waals surface area (Å²) in [4.78, 5) is 25.7. The smallest absolute Gasteiger partial charge is 0.268 e. The van der Waals surface area contributed by atoms with Crippen LogP contribution in [0.3, 0.4) is 0 Å². The van der Waals surface area contributed by atoms with Gasteiger partial charge in [0.05, 0.1) is 5.69 Å². The van der Waals surface area contributed by atoms with Crippen molar-refractivity contribution in [1.82, 2.24) is 5.32 Å². The second-order valence-corrected chi connectivity index (χ2v) is 4.65. The summed E-state index contributed by atoms with van der Waals surface area (Å²) in [5.41, 5.74) is 6.11. The second-order valence-electron chi connectivity index (χ2n) is 4.65. The van der Waals surface area contributed by atoms with Gasteiger partial charge in [-0.3, -0.25) is 20.3 Å². The van der Waals surface area contributed by atoms with E-state index in [-0.39, 0.29) is 5.91 Å². The minimum Gasteiger partial charge on any atom is -0.478 e. The van der Waals surface area contributed by atoms with Gasteiger partial charge in [0, 0.05) is 12.1 Å². The van der Waals surface area contributed by atoms with Crippen LogP contribution in [0.5, 0.6) is 5.75 Å². The molecule has 1 atom stereocenters. The number of carbonyl (C=O) groups excluding carboxylic acids is 2. The molecule has 0 aromatic heterocycles. The second kappa shape index (κ2) is 5.82. The first-order valence-electron chi connectivity index (χ1n) is 6.75. The number of anilines is 1. The van der Waals surface area contributed by atoms with Crippen LogP contribution < -0.4 is 20.7 Å². The van der Waals surface area contributed by atoms with Crippen molar-refractivity contribution in [3.05, 3.63) is 23.8 Å². The maximum Gasteiger partial charge on any atom is 0.268 e. The zero-order valence-corrected chi connectivity index (χ0v) is 12.0. The molecule has 1 aliphatic heterocycles. The van der Waals surface area contributed by atoms with Crippen molar-refractivity contribution >= 4 is 23.5 Å². The molecule has 0 radical (unpaired) electrons. The summed E-state index contributed by atoms with van der Waals surface area (Å²) in [6, 6.07) is 4.80. The minimum atomic E-state index is -0.538. The van der Waals surface area contributed by atoms with Gasteiger partial charge < -0.3 is 15.4 Å². The Kier molecular flexibility index (Phi) is 4.11. The maximum atomic E-state index is 12.2. The van der Waals surface area contributed by atoms with Crippen LogP contribution in [0, 0.1) is 5.41 Å². The van der Waals surface area contributed by atoms with Crippen molar-refractivity contribution in [3.8, 4) is 5.75 Å². The Morgan fingerprint density at radius 3 is 2.76 bits per heavy atom. The Morgan fingerprint density at radius 1 is 1.48 bits per heavy atom. The third-order valence-corrected chi connectivity index (χ3v) is 3.26. The van der Waals surface area contributed by atoms with Crippen molar-refractivity contribution in [2.24, 2.45) is 5.73 Å². The molecule has 4 N–H and O–H groups in total. The van der Waals surface area contributed by atoms with Crippen molar-refractivity contribution in [3.63, 3.8) is 0 Å². The molecule has 0 aliphatic carbocycles. The topological polar surface area (TPSA) is 109 Å². The van der Waals surface area contributed by atoms with Crippen LogP contribution in [0.2, 0.25) is 0 Å². The van der Waals surface area contributed by atoms with E-state index in [1.165, 1.54) is 0 Å². The Morgan fingerprint density at radius 2 is 2.19 bits per heavy atom. The molecule has 112 valence electrons. The summed E-state index contributed by atoms with van der Waals surface area (Å²) in [5, 5.41) is 9.29. The number of hydrogen-bond donors (Lipinski definition) is 3. The summed E-state index contributed by atoms with van der Waals surface area (Å²) in [7, 11) is 0. The van der Waals surface area contributed by atoms with Crippen LogP contribution >= 0.6 is 0 Å². The number of nitrogens with zero attached hydrogens (tertiary/aromatic N) is 1. The summed E-state index contributed by atoms with van der Waals surface area (Å²) < 4.78 is 5.67. The van der Waals surface area contributed by atoms with Crippen molar-refractivity contribution in [1.29, 1.82) is 5.41 Å². The van der Waals surface area contributed by atoms with Crippen LogP contribution in [0.1, 0.15) is 30.6 Å². The first kappa shape index (κ1) is 14.8. The van der Waals surface area contributed by atoms with E-state index in [4.69, 9.17) is 15.9 Å². The van der Waals surface area contributed by atoms with E-state index in [0.29, 0.717) is 30.0 Å². The Balaban J connectivity index is 2.37. The monoisotopic (exact) mass is 290 g/mol. The molecule has 7 nitrogen and oxygen atoms in total. The Bertz CT molecular complexity index is 600. The predicted octanol–water partition coefficient (Wildman–Crippen LogP) is 0.834. The zero-order chi connectivity index (χ0) is 15.6. The standard InChI is InChI=1S/C14H18N4O3/c1-3-10-13(20)18(4-2)9-6-5-8(7-11(9)21-10)12(19)17-14(15)16/h5-7,10H,3-4H2,1-2H3,(H4,15,16,17,19). The zero-order valence-electron chi connectivity index (χ0n) is 12.0. The molecule has 1 aliphatic rings. The SMILES string of the molecule is CCC1Oc2cc(C(=O)NC(=N)N)ccc2N(CC)C1=O. The molecule has 1 aromatic carbocycles. The lowest BCUT2D eigenvalue weighted by Crippen LogP contribution is -2.45. The van der Waals surface area contributed by atoms with Crippen molar-refractivity contribution in [2.45, 2.75) is 26.4 Å². The van der Waals surface area contributed by atoms with Gasteiger partial charge in [0.15, 0.2) is 12.1 Å². The summed E-state index contributed by atoms with van der Waals surface area (Å²) in [5.74, 6) is -0.495. The van der Waals surface area contributed by atoms with E-state index >= 15 is 0 Å². The van der Waals surface area contributed by atoms with E-state index in [2.05, 4.69) is 5.32 Å². The summed E-state index contributed by atoms with van der Waals surface area (Å²) >= 11 is 0. The van der Waals surface area contributed by atoms with Gasteiger partial charge in [0.1, 0.15) is 5.75 Å². The fourth-order valence-electron chi connectivity index (χ4n) is 2.25. The highest BCUT2D eigenvalue weighted by molar-refractivity contribution is 6.06. The molecular weight excluding hydrogens is 272 g/mol. The summed E-state index contributed by atoms with van der Waals surface area (Å²) in [6.45, 7) is 4.29. The lowest BCUT2D eigenvalue weighted by Gasteiger charge is -2.33. The van der Waals surface area contributed by atoms with Gasteiger partial charge >= 0.3 is 0 Å². The number of amides is 2. The molecule has 2 amide bonds. The third-order valence-electron chi connectivity index (χ3n) is 3.26. The Labute approximate surface area is 122 Å². The molecule has 0 saturated heterocycles. The van der Waals surface area contributed by atoms with Crippen molar-refractivity contribution < 1.29 is 14.3 Å². The molecule has 0 saturated carbocycles. The van der Waals surface area contributed by atoms with Crippen molar-refractivity contribution in [2.75, 3.05) is 11.4 Å². The molecule has 1 unspecified atom stereocenters. The van der Waals surface area contributed by atoms with Crippen LogP contribution in [-0.2, 0) is 4.79 Å². The molecule has 0 fully saturated rings. The predicted molar refractivity (Wildman–Crippen MR) is 78.6 cm³/mol. The highest BCUT2D eigenvalue weighted by Crippen LogP contribution is 2.35. The quantitative estimate of drug-likeness (QED) is 0.566. The lowest BCUT2D eigenvalue weighted by molar-refractivity contribution is -0.126. The van der Waals surface area contributed by atoms with E-state index in [9.17, 15) is 9.59 Å². The number of guanidine groups is 1. The average Bonchev–Trinajstić information content (AvgIpc) is 2.45. The number of fused-ring (bicyclic) bond motifs is 1. The molecular formula is C14H18N4O3. The number of rotatable bonds is 3. The van der Waals surface area contributed by atoms with Crippen LogP contribution in [0.25, 0.3) is 0 Å². The normalized spacial score (nSPS) is 17.0. The van der Waals surface area contributed by atoms with Gasteiger partial charge in [-0.2, -0.15) is 0 Å². The number of likely N-dealkylation sites (N-methyl/N-ethyl adjacent to an activating group) is 1. The van der Waals surface area contributed by atoms with Crippen LogP contribution in [-0.4, -0.2) is 30.4 Å². The molecule has 0 spiro atoms. The van der Waals surface area contributed by atoms with Crippen LogP contribution in [0.4, 0.5) is 5.69 Å². The molecule has 1 heterocycles.